The molecule has 0 aliphatic heterocycles. The van der Waals surface area contributed by atoms with Crippen LogP contribution in [0.4, 0.5) is 11.8 Å². The molecule has 17 heavy (non-hydrogen) atoms. The summed E-state index contributed by atoms with van der Waals surface area (Å²) in [5, 5.41) is 12.9. The number of rotatable bonds is 6. The summed E-state index contributed by atoms with van der Waals surface area (Å²) < 4.78 is 0. The normalized spacial score (nSPS) is 11.4. The molecule has 0 aliphatic rings. The van der Waals surface area contributed by atoms with E-state index in [1.807, 2.05) is 24.8 Å². The van der Waals surface area contributed by atoms with Crippen molar-refractivity contribution >= 4 is 11.8 Å². The van der Waals surface area contributed by atoms with Gasteiger partial charge in [-0.2, -0.15) is 4.98 Å². The van der Waals surface area contributed by atoms with Crippen molar-refractivity contribution in [1.82, 2.24) is 9.97 Å². The molecule has 0 fully saturated rings. The topological polar surface area (TPSA) is 61.3 Å². The minimum Gasteiger partial charge on any atom is -0.389 e. The van der Waals surface area contributed by atoms with Crippen LogP contribution in [0.3, 0.4) is 0 Å². The van der Waals surface area contributed by atoms with Gasteiger partial charge in [-0.1, -0.05) is 0 Å². The Labute approximate surface area is 103 Å². The minimum atomic E-state index is -0.737. The smallest absolute Gasteiger partial charge is 0.224 e. The second-order valence-electron chi connectivity index (χ2n) is 4.60. The number of likely N-dealkylation sites (N-methyl/N-ethyl adjacent to an activating group) is 1. The number of nitrogens with zero attached hydrogens (tertiary/aromatic N) is 3. The van der Waals surface area contributed by atoms with Crippen molar-refractivity contribution in [1.29, 1.82) is 0 Å². The van der Waals surface area contributed by atoms with Crippen LogP contribution in [0.25, 0.3) is 0 Å². The van der Waals surface area contributed by atoms with Crippen molar-refractivity contribution < 1.29 is 5.11 Å². The standard InChI is InChI=1S/C12H22N4O/c1-5-13-11-14-8-7-10(15-11)16(6-2)9-12(3,4)17/h7-8,17H,5-6,9H2,1-4H3,(H,13,14,15). The van der Waals surface area contributed by atoms with Crippen molar-refractivity contribution in [2.75, 3.05) is 29.9 Å². The molecule has 5 heteroatoms. The third-order valence-electron chi connectivity index (χ3n) is 2.26. The predicted molar refractivity (Wildman–Crippen MR) is 70.4 cm³/mol. The zero-order valence-electron chi connectivity index (χ0n) is 11.1. The number of aromatic nitrogens is 2. The van der Waals surface area contributed by atoms with E-state index < -0.39 is 5.60 Å². The molecule has 0 bridgehead atoms. The maximum absolute atomic E-state index is 9.85. The van der Waals surface area contributed by atoms with Gasteiger partial charge in [0.15, 0.2) is 0 Å². The Morgan fingerprint density at radius 1 is 1.41 bits per heavy atom. The van der Waals surface area contributed by atoms with Gasteiger partial charge in [-0.25, -0.2) is 4.98 Å². The van der Waals surface area contributed by atoms with Crippen LogP contribution in [0, 0.1) is 0 Å². The van der Waals surface area contributed by atoms with E-state index in [0.29, 0.717) is 12.5 Å². The highest BCUT2D eigenvalue weighted by Crippen LogP contribution is 2.15. The van der Waals surface area contributed by atoms with Gasteiger partial charge in [0.25, 0.3) is 0 Å². The summed E-state index contributed by atoms with van der Waals surface area (Å²) in [5.74, 6) is 1.46. The summed E-state index contributed by atoms with van der Waals surface area (Å²) in [5.41, 5.74) is -0.737. The van der Waals surface area contributed by atoms with Crippen LogP contribution in [0.2, 0.25) is 0 Å². The molecule has 0 saturated carbocycles. The predicted octanol–water partition coefficient (Wildman–Crippen LogP) is 1.51. The van der Waals surface area contributed by atoms with Gasteiger partial charge in [0.2, 0.25) is 5.95 Å². The van der Waals surface area contributed by atoms with Crippen LogP contribution in [0.1, 0.15) is 27.7 Å². The van der Waals surface area contributed by atoms with Gasteiger partial charge in [0, 0.05) is 25.8 Å². The summed E-state index contributed by atoms with van der Waals surface area (Å²) in [6.45, 7) is 9.77. The Morgan fingerprint density at radius 3 is 2.65 bits per heavy atom. The summed E-state index contributed by atoms with van der Waals surface area (Å²) in [7, 11) is 0. The first-order chi connectivity index (χ1) is 7.96. The number of anilines is 2. The van der Waals surface area contributed by atoms with E-state index in [9.17, 15) is 5.11 Å². The Kier molecular flexibility index (Phi) is 4.69. The van der Waals surface area contributed by atoms with E-state index >= 15 is 0 Å². The van der Waals surface area contributed by atoms with Crippen LogP contribution in [0.5, 0.6) is 0 Å². The molecule has 0 unspecified atom stereocenters. The zero-order valence-corrected chi connectivity index (χ0v) is 11.1. The second-order valence-corrected chi connectivity index (χ2v) is 4.60. The van der Waals surface area contributed by atoms with Crippen LogP contribution in [-0.2, 0) is 0 Å². The van der Waals surface area contributed by atoms with Gasteiger partial charge in [-0.3, -0.25) is 0 Å². The molecule has 0 atom stereocenters. The fraction of sp³-hybridized carbons (Fsp3) is 0.667. The molecule has 0 aliphatic carbocycles. The van der Waals surface area contributed by atoms with Gasteiger partial charge >= 0.3 is 0 Å². The van der Waals surface area contributed by atoms with Crippen molar-refractivity contribution in [2.45, 2.75) is 33.3 Å². The van der Waals surface area contributed by atoms with Gasteiger partial charge in [-0.15, -0.1) is 0 Å². The lowest BCUT2D eigenvalue weighted by molar-refractivity contribution is 0.0874. The van der Waals surface area contributed by atoms with Crippen molar-refractivity contribution in [3.05, 3.63) is 12.3 Å². The maximum atomic E-state index is 9.85. The molecule has 1 aromatic rings. The summed E-state index contributed by atoms with van der Waals surface area (Å²) >= 11 is 0. The number of nitrogens with one attached hydrogen (secondary N) is 1. The number of aliphatic hydroxyl groups is 1. The molecule has 0 aromatic carbocycles. The maximum Gasteiger partial charge on any atom is 0.224 e. The Balaban J connectivity index is 2.84. The Morgan fingerprint density at radius 2 is 2.12 bits per heavy atom. The lowest BCUT2D eigenvalue weighted by atomic mass is 10.1. The van der Waals surface area contributed by atoms with E-state index in [1.54, 1.807) is 20.0 Å². The lowest BCUT2D eigenvalue weighted by Gasteiger charge is -2.29. The third-order valence-corrected chi connectivity index (χ3v) is 2.26. The fourth-order valence-corrected chi connectivity index (χ4v) is 1.59. The average Bonchev–Trinajstić information content (AvgIpc) is 2.25. The first kappa shape index (κ1) is 13.7. The second kappa shape index (κ2) is 5.82. The van der Waals surface area contributed by atoms with E-state index in [4.69, 9.17) is 0 Å². The molecule has 0 amide bonds. The van der Waals surface area contributed by atoms with Gasteiger partial charge in [-0.05, 0) is 33.8 Å². The summed E-state index contributed by atoms with van der Waals surface area (Å²) in [6.07, 6.45) is 1.73. The minimum absolute atomic E-state index is 0.548. The molecule has 1 aromatic heterocycles. The summed E-state index contributed by atoms with van der Waals surface area (Å²) in [6, 6.07) is 1.86. The Bertz CT molecular complexity index is 349. The first-order valence-electron chi connectivity index (χ1n) is 6.00. The van der Waals surface area contributed by atoms with E-state index in [-0.39, 0.29) is 0 Å². The molecule has 0 spiro atoms. The van der Waals surface area contributed by atoms with E-state index in [0.717, 1.165) is 18.9 Å². The van der Waals surface area contributed by atoms with Gasteiger partial charge in [0.05, 0.1) is 5.60 Å². The molecule has 96 valence electrons. The van der Waals surface area contributed by atoms with Crippen LogP contribution in [-0.4, -0.2) is 40.3 Å². The van der Waals surface area contributed by atoms with Gasteiger partial charge in [0.1, 0.15) is 5.82 Å². The molecule has 1 heterocycles. The number of hydrogen-bond acceptors (Lipinski definition) is 5. The largest absolute Gasteiger partial charge is 0.389 e. The third kappa shape index (κ3) is 4.56. The number of hydrogen-bond donors (Lipinski definition) is 2. The van der Waals surface area contributed by atoms with Crippen LogP contribution >= 0.6 is 0 Å². The molecule has 2 N–H and O–H groups in total. The molecule has 0 radical (unpaired) electrons. The van der Waals surface area contributed by atoms with E-state index in [1.165, 1.54) is 0 Å². The summed E-state index contributed by atoms with van der Waals surface area (Å²) in [4.78, 5) is 10.6. The van der Waals surface area contributed by atoms with Crippen molar-refractivity contribution in [3.63, 3.8) is 0 Å². The van der Waals surface area contributed by atoms with Crippen molar-refractivity contribution in [3.8, 4) is 0 Å². The molecule has 0 saturated heterocycles. The van der Waals surface area contributed by atoms with Crippen LogP contribution in [0.15, 0.2) is 12.3 Å². The first-order valence-corrected chi connectivity index (χ1v) is 6.00. The highest BCUT2D eigenvalue weighted by atomic mass is 16.3. The molecule has 5 nitrogen and oxygen atoms in total. The quantitative estimate of drug-likeness (QED) is 0.786. The van der Waals surface area contributed by atoms with Crippen molar-refractivity contribution in [2.24, 2.45) is 0 Å². The Hall–Kier alpha value is -1.36. The van der Waals surface area contributed by atoms with E-state index in [2.05, 4.69) is 15.3 Å². The average molecular weight is 238 g/mol. The molecular formula is C12H22N4O. The lowest BCUT2D eigenvalue weighted by Crippen LogP contribution is -2.39. The fourth-order valence-electron chi connectivity index (χ4n) is 1.59. The monoisotopic (exact) mass is 238 g/mol. The molecular weight excluding hydrogens is 216 g/mol. The zero-order chi connectivity index (χ0) is 12.9. The SMILES string of the molecule is CCNc1nccc(N(CC)CC(C)(C)O)n1. The van der Waals surface area contributed by atoms with Crippen LogP contribution < -0.4 is 10.2 Å². The highest BCUT2D eigenvalue weighted by molar-refractivity contribution is 5.42. The molecule has 1 rings (SSSR count). The highest BCUT2D eigenvalue weighted by Gasteiger charge is 2.18. The van der Waals surface area contributed by atoms with Gasteiger partial charge < -0.3 is 15.3 Å².